The summed E-state index contributed by atoms with van der Waals surface area (Å²) in [5.41, 5.74) is 3.44. The van der Waals surface area contributed by atoms with E-state index in [1.165, 1.54) is 17.5 Å². The van der Waals surface area contributed by atoms with Gasteiger partial charge in [-0.3, -0.25) is 0 Å². The molecule has 4 heteroatoms. The Balaban J connectivity index is 2.09. The zero-order chi connectivity index (χ0) is 15.2. The van der Waals surface area contributed by atoms with Gasteiger partial charge >= 0.3 is 0 Å². The summed E-state index contributed by atoms with van der Waals surface area (Å²) >= 11 is 6.29. The number of rotatable bonds is 8. The second kappa shape index (κ2) is 7.81. The molecule has 0 bridgehead atoms. The lowest BCUT2D eigenvalue weighted by Gasteiger charge is -2.11. The number of halogens is 1. The summed E-state index contributed by atoms with van der Waals surface area (Å²) in [4.78, 5) is 4.67. The standard InChI is InChI=1S/C17H25ClN2O/c1-4-5-10-21-11-6-9-20-16-12-13(2)7-8-15(16)19-17(20)14(3)18/h7-8,12,14H,4-6,9-11H2,1-3H3. The summed E-state index contributed by atoms with van der Waals surface area (Å²) in [5.74, 6) is 0.950. The fourth-order valence-corrected chi connectivity index (χ4v) is 2.63. The fourth-order valence-electron chi connectivity index (χ4n) is 2.46. The Morgan fingerprint density at radius 1 is 1.29 bits per heavy atom. The lowest BCUT2D eigenvalue weighted by molar-refractivity contribution is 0.126. The van der Waals surface area contributed by atoms with E-state index in [1.54, 1.807) is 0 Å². The van der Waals surface area contributed by atoms with Crippen molar-refractivity contribution in [2.75, 3.05) is 13.2 Å². The van der Waals surface area contributed by atoms with Crippen molar-refractivity contribution in [2.24, 2.45) is 0 Å². The summed E-state index contributed by atoms with van der Waals surface area (Å²) in [6.45, 7) is 8.81. The van der Waals surface area contributed by atoms with Crippen LogP contribution in [0.3, 0.4) is 0 Å². The first-order valence-electron chi connectivity index (χ1n) is 7.82. The molecule has 1 aromatic carbocycles. The molecule has 0 aliphatic rings. The van der Waals surface area contributed by atoms with Gasteiger partial charge in [-0.05, 0) is 44.4 Å². The number of aromatic nitrogens is 2. The highest BCUT2D eigenvalue weighted by atomic mass is 35.5. The number of benzene rings is 1. The van der Waals surface area contributed by atoms with Crippen molar-refractivity contribution in [3.8, 4) is 0 Å². The largest absolute Gasteiger partial charge is 0.381 e. The third-order valence-corrected chi connectivity index (χ3v) is 3.80. The Bertz CT molecular complexity index is 577. The number of hydrogen-bond donors (Lipinski definition) is 0. The number of imidazole rings is 1. The van der Waals surface area contributed by atoms with E-state index in [0.717, 1.165) is 43.9 Å². The Morgan fingerprint density at radius 2 is 2.05 bits per heavy atom. The molecule has 116 valence electrons. The third-order valence-electron chi connectivity index (χ3n) is 3.60. The van der Waals surface area contributed by atoms with E-state index in [1.807, 2.05) is 6.92 Å². The predicted octanol–water partition coefficient (Wildman–Crippen LogP) is 4.85. The third kappa shape index (κ3) is 4.21. The van der Waals surface area contributed by atoms with E-state index >= 15 is 0 Å². The molecule has 3 nitrogen and oxygen atoms in total. The van der Waals surface area contributed by atoms with Crippen molar-refractivity contribution in [2.45, 2.75) is 52.0 Å². The fraction of sp³-hybridized carbons (Fsp3) is 0.588. The molecule has 2 aromatic rings. The Morgan fingerprint density at radius 3 is 2.76 bits per heavy atom. The molecule has 0 aliphatic carbocycles. The van der Waals surface area contributed by atoms with Crippen molar-refractivity contribution in [1.82, 2.24) is 9.55 Å². The smallest absolute Gasteiger partial charge is 0.127 e. The maximum absolute atomic E-state index is 6.29. The van der Waals surface area contributed by atoms with Crippen molar-refractivity contribution >= 4 is 22.6 Å². The molecule has 0 saturated heterocycles. The van der Waals surface area contributed by atoms with Crippen LogP contribution in [0.15, 0.2) is 18.2 Å². The molecule has 1 atom stereocenters. The summed E-state index contributed by atoms with van der Waals surface area (Å²) in [5, 5.41) is -0.0845. The average molecular weight is 309 g/mol. The molecule has 2 rings (SSSR count). The van der Waals surface area contributed by atoms with Crippen molar-refractivity contribution in [3.63, 3.8) is 0 Å². The van der Waals surface area contributed by atoms with Gasteiger partial charge in [0.15, 0.2) is 0 Å². The molecule has 0 radical (unpaired) electrons. The minimum absolute atomic E-state index is 0.0845. The second-order valence-electron chi connectivity index (χ2n) is 5.55. The van der Waals surface area contributed by atoms with Crippen LogP contribution in [0.25, 0.3) is 11.0 Å². The molecule has 0 aliphatic heterocycles. The van der Waals surface area contributed by atoms with Gasteiger partial charge in [0.1, 0.15) is 5.82 Å². The number of ether oxygens (including phenoxy) is 1. The van der Waals surface area contributed by atoms with E-state index in [9.17, 15) is 0 Å². The highest BCUT2D eigenvalue weighted by Gasteiger charge is 2.14. The minimum Gasteiger partial charge on any atom is -0.381 e. The maximum Gasteiger partial charge on any atom is 0.127 e. The molecule has 0 N–H and O–H groups in total. The van der Waals surface area contributed by atoms with Crippen molar-refractivity contribution < 1.29 is 4.74 Å². The highest BCUT2D eigenvalue weighted by Crippen LogP contribution is 2.25. The summed E-state index contributed by atoms with van der Waals surface area (Å²) in [7, 11) is 0. The lowest BCUT2D eigenvalue weighted by Crippen LogP contribution is -2.07. The van der Waals surface area contributed by atoms with E-state index in [0.29, 0.717) is 0 Å². The number of hydrogen-bond acceptors (Lipinski definition) is 2. The van der Waals surface area contributed by atoms with Crippen molar-refractivity contribution in [3.05, 3.63) is 29.6 Å². The molecule has 1 aromatic heterocycles. The van der Waals surface area contributed by atoms with Crippen molar-refractivity contribution in [1.29, 1.82) is 0 Å². The van der Waals surface area contributed by atoms with Crippen LogP contribution in [0.4, 0.5) is 0 Å². The first-order chi connectivity index (χ1) is 10.1. The first kappa shape index (κ1) is 16.3. The SMILES string of the molecule is CCCCOCCCn1c(C(C)Cl)nc2ccc(C)cc21. The Labute approximate surface area is 132 Å². The van der Waals surface area contributed by atoms with Crippen LogP contribution in [0.5, 0.6) is 0 Å². The van der Waals surface area contributed by atoms with Gasteiger partial charge in [0, 0.05) is 19.8 Å². The Kier molecular flexibility index (Phi) is 6.07. The lowest BCUT2D eigenvalue weighted by atomic mass is 10.2. The quantitative estimate of drug-likeness (QED) is 0.515. The molecule has 1 heterocycles. The van der Waals surface area contributed by atoms with Crippen LogP contribution >= 0.6 is 11.6 Å². The molecule has 0 amide bonds. The highest BCUT2D eigenvalue weighted by molar-refractivity contribution is 6.20. The second-order valence-corrected chi connectivity index (χ2v) is 6.20. The van der Waals surface area contributed by atoms with Crippen LogP contribution in [-0.2, 0) is 11.3 Å². The number of unbranched alkanes of at least 4 members (excludes halogenated alkanes) is 1. The van der Waals surface area contributed by atoms with Gasteiger partial charge in [0.05, 0.1) is 16.4 Å². The van der Waals surface area contributed by atoms with E-state index in [2.05, 4.69) is 41.6 Å². The topological polar surface area (TPSA) is 27.1 Å². The van der Waals surface area contributed by atoms with E-state index in [-0.39, 0.29) is 5.38 Å². The first-order valence-corrected chi connectivity index (χ1v) is 8.25. The predicted molar refractivity (Wildman–Crippen MR) is 89.1 cm³/mol. The van der Waals surface area contributed by atoms with Gasteiger partial charge in [-0.25, -0.2) is 4.98 Å². The number of alkyl halides is 1. The molecule has 21 heavy (non-hydrogen) atoms. The zero-order valence-corrected chi connectivity index (χ0v) is 14.0. The molecule has 0 spiro atoms. The molecule has 0 saturated carbocycles. The van der Waals surface area contributed by atoms with E-state index < -0.39 is 0 Å². The maximum atomic E-state index is 6.29. The van der Waals surface area contributed by atoms with Crippen LogP contribution in [0, 0.1) is 6.92 Å². The number of fused-ring (bicyclic) bond motifs is 1. The molecule has 1 unspecified atom stereocenters. The van der Waals surface area contributed by atoms with Gasteiger partial charge in [-0.2, -0.15) is 0 Å². The van der Waals surface area contributed by atoms with Gasteiger partial charge in [-0.1, -0.05) is 19.4 Å². The Hall–Kier alpha value is -1.06. The normalized spacial score (nSPS) is 13.0. The number of nitrogens with zero attached hydrogens (tertiary/aromatic N) is 2. The minimum atomic E-state index is -0.0845. The van der Waals surface area contributed by atoms with Crippen LogP contribution in [0.2, 0.25) is 0 Å². The van der Waals surface area contributed by atoms with Gasteiger partial charge < -0.3 is 9.30 Å². The van der Waals surface area contributed by atoms with Crippen LogP contribution in [-0.4, -0.2) is 22.8 Å². The van der Waals surface area contributed by atoms with E-state index in [4.69, 9.17) is 16.3 Å². The molecular formula is C17H25ClN2O. The molecular weight excluding hydrogens is 284 g/mol. The van der Waals surface area contributed by atoms with Gasteiger partial charge in [0.2, 0.25) is 0 Å². The van der Waals surface area contributed by atoms with Gasteiger partial charge in [-0.15, -0.1) is 11.6 Å². The van der Waals surface area contributed by atoms with Crippen LogP contribution in [0.1, 0.15) is 49.9 Å². The summed E-state index contributed by atoms with van der Waals surface area (Å²) in [6.07, 6.45) is 3.30. The monoisotopic (exact) mass is 308 g/mol. The molecule has 0 fully saturated rings. The average Bonchev–Trinajstić information content (AvgIpc) is 2.81. The van der Waals surface area contributed by atoms with Gasteiger partial charge in [0.25, 0.3) is 0 Å². The summed E-state index contributed by atoms with van der Waals surface area (Å²) < 4.78 is 7.88. The number of aryl methyl sites for hydroxylation is 2. The van der Waals surface area contributed by atoms with Crippen LogP contribution < -0.4 is 0 Å². The summed E-state index contributed by atoms with van der Waals surface area (Å²) in [6, 6.07) is 6.35. The zero-order valence-electron chi connectivity index (χ0n) is 13.2.